The molecule has 0 atom stereocenters. The second-order valence-corrected chi connectivity index (χ2v) is 4.53. The Bertz CT molecular complexity index is 350. The quantitative estimate of drug-likeness (QED) is 0.783. The lowest BCUT2D eigenvalue weighted by molar-refractivity contribution is -0.0281. The van der Waals surface area contributed by atoms with Crippen LogP contribution in [0.3, 0.4) is 0 Å². The van der Waals surface area contributed by atoms with Crippen LogP contribution in [-0.4, -0.2) is 23.4 Å². The van der Waals surface area contributed by atoms with E-state index in [-0.39, 0.29) is 12.4 Å². The first-order valence-electron chi connectivity index (χ1n) is 5.21. The summed E-state index contributed by atoms with van der Waals surface area (Å²) in [7, 11) is 0. The molecular weight excluding hydrogens is 228 g/mol. The third kappa shape index (κ3) is 3.37. The lowest BCUT2D eigenvalue weighted by atomic mass is 9.97. The summed E-state index contributed by atoms with van der Waals surface area (Å²) in [4.78, 5) is 0. The zero-order valence-corrected chi connectivity index (χ0v) is 10.3. The fourth-order valence-corrected chi connectivity index (χ4v) is 1.63. The largest absolute Gasteiger partial charge is 0.508 e. The van der Waals surface area contributed by atoms with Gasteiger partial charge >= 0.3 is 0 Å². The van der Waals surface area contributed by atoms with Crippen LogP contribution in [0.25, 0.3) is 0 Å². The van der Waals surface area contributed by atoms with Crippen molar-refractivity contribution in [3.05, 3.63) is 28.8 Å². The standard InChI is InChI=1S/C12H17ClO3/c1-12(2,16-7-3-6-14)10-8-9(13)4-5-11(10)15/h4-5,8,14-15H,3,6-7H2,1-2H3. The molecule has 1 rings (SSSR count). The smallest absolute Gasteiger partial charge is 0.121 e. The van der Waals surface area contributed by atoms with E-state index in [0.717, 1.165) is 0 Å². The minimum atomic E-state index is -0.621. The van der Waals surface area contributed by atoms with Crippen LogP contribution in [-0.2, 0) is 10.3 Å². The number of phenols is 1. The molecule has 90 valence electrons. The summed E-state index contributed by atoms with van der Waals surface area (Å²) in [6, 6.07) is 4.87. The second kappa shape index (κ2) is 5.53. The van der Waals surface area contributed by atoms with Crippen LogP contribution in [0.2, 0.25) is 5.02 Å². The predicted octanol–water partition coefficient (Wildman–Crippen LogP) is 2.68. The van der Waals surface area contributed by atoms with Crippen LogP contribution in [0, 0.1) is 0 Å². The summed E-state index contributed by atoms with van der Waals surface area (Å²) in [5, 5.41) is 19.0. The summed E-state index contributed by atoms with van der Waals surface area (Å²) < 4.78 is 5.61. The molecule has 0 unspecified atom stereocenters. The van der Waals surface area contributed by atoms with Crippen molar-refractivity contribution in [2.45, 2.75) is 25.9 Å². The van der Waals surface area contributed by atoms with Gasteiger partial charge in [-0.3, -0.25) is 0 Å². The average Bonchev–Trinajstić information content (AvgIpc) is 2.22. The third-order valence-electron chi connectivity index (χ3n) is 2.37. The minimum Gasteiger partial charge on any atom is -0.508 e. The van der Waals surface area contributed by atoms with Crippen molar-refractivity contribution < 1.29 is 14.9 Å². The predicted molar refractivity (Wildman–Crippen MR) is 63.8 cm³/mol. The Labute approximate surface area is 101 Å². The van der Waals surface area contributed by atoms with E-state index in [0.29, 0.717) is 23.6 Å². The molecule has 3 nitrogen and oxygen atoms in total. The Kier molecular flexibility index (Phi) is 4.59. The van der Waals surface area contributed by atoms with E-state index in [1.807, 2.05) is 13.8 Å². The number of ether oxygens (including phenoxy) is 1. The lowest BCUT2D eigenvalue weighted by Crippen LogP contribution is -2.22. The molecule has 0 amide bonds. The fourth-order valence-electron chi connectivity index (χ4n) is 1.46. The molecule has 0 fully saturated rings. The maximum Gasteiger partial charge on any atom is 0.121 e. The van der Waals surface area contributed by atoms with Gasteiger partial charge in [-0.05, 0) is 38.5 Å². The summed E-state index contributed by atoms with van der Waals surface area (Å²) >= 11 is 5.88. The summed E-state index contributed by atoms with van der Waals surface area (Å²) in [6.45, 7) is 4.25. The number of hydrogen-bond donors (Lipinski definition) is 2. The average molecular weight is 245 g/mol. The number of hydrogen-bond acceptors (Lipinski definition) is 3. The lowest BCUT2D eigenvalue weighted by Gasteiger charge is -2.26. The summed E-state index contributed by atoms with van der Waals surface area (Å²) in [5.74, 6) is 0.165. The van der Waals surface area contributed by atoms with Gasteiger partial charge in [-0.15, -0.1) is 0 Å². The minimum absolute atomic E-state index is 0.0948. The second-order valence-electron chi connectivity index (χ2n) is 4.10. The monoisotopic (exact) mass is 244 g/mol. The molecular formula is C12H17ClO3. The van der Waals surface area contributed by atoms with Crippen LogP contribution in [0.5, 0.6) is 5.75 Å². The first-order chi connectivity index (χ1) is 7.47. The molecule has 0 aliphatic carbocycles. The van der Waals surface area contributed by atoms with Crippen molar-refractivity contribution in [1.29, 1.82) is 0 Å². The molecule has 0 saturated heterocycles. The van der Waals surface area contributed by atoms with Gasteiger partial charge in [0.15, 0.2) is 0 Å². The van der Waals surface area contributed by atoms with E-state index in [1.165, 1.54) is 0 Å². The molecule has 16 heavy (non-hydrogen) atoms. The molecule has 0 heterocycles. The first-order valence-corrected chi connectivity index (χ1v) is 5.59. The van der Waals surface area contributed by atoms with E-state index < -0.39 is 5.60 Å². The highest BCUT2D eigenvalue weighted by atomic mass is 35.5. The van der Waals surface area contributed by atoms with Crippen LogP contribution in [0.15, 0.2) is 18.2 Å². The van der Waals surface area contributed by atoms with E-state index in [2.05, 4.69) is 0 Å². The highest BCUT2D eigenvalue weighted by Gasteiger charge is 2.24. The van der Waals surface area contributed by atoms with Crippen LogP contribution in [0.1, 0.15) is 25.8 Å². The van der Waals surface area contributed by atoms with E-state index in [9.17, 15) is 5.11 Å². The van der Waals surface area contributed by atoms with E-state index in [4.69, 9.17) is 21.4 Å². The molecule has 1 aromatic rings. The van der Waals surface area contributed by atoms with Gasteiger partial charge in [-0.2, -0.15) is 0 Å². The maximum absolute atomic E-state index is 9.74. The van der Waals surface area contributed by atoms with Crippen LogP contribution in [0.4, 0.5) is 0 Å². The molecule has 0 saturated carbocycles. The number of phenolic OH excluding ortho intramolecular Hbond substituents is 1. The van der Waals surface area contributed by atoms with Crippen molar-refractivity contribution in [3.8, 4) is 5.75 Å². The number of aliphatic hydroxyl groups is 1. The normalized spacial score (nSPS) is 11.8. The number of halogens is 1. The summed E-state index contributed by atoms with van der Waals surface area (Å²) in [6.07, 6.45) is 0.574. The molecule has 0 aliphatic rings. The number of aromatic hydroxyl groups is 1. The Hall–Kier alpha value is -0.770. The molecule has 2 N–H and O–H groups in total. The van der Waals surface area contributed by atoms with Gasteiger partial charge in [-0.1, -0.05) is 11.6 Å². The van der Waals surface area contributed by atoms with Crippen molar-refractivity contribution in [3.63, 3.8) is 0 Å². The molecule has 4 heteroatoms. The van der Waals surface area contributed by atoms with E-state index in [1.54, 1.807) is 18.2 Å². The van der Waals surface area contributed by atoms with Gasteiger partial charge in [0.25, 0.3) is 0 Å². The molecule has 1 aromatic carbocycles. The van der Waals surface area contributed by atoms with Gasteiger partial charge in [0.05, 0.1) is 5.60 Å². The van der Waals surface area contributed by atoms with Crippen molar-refractivity contribution in [1.82, 2.24) is 0 Å². The Morgan fingerprint density at radius 1 is 1.38 bits per heavy atom. The maximum atomic E-state index is 9.74. The molecule has 0 aromatic heterocycles. The molecule has 0 bridgehead atoms. The first kappa shape index (κ1) is 13.3. The Morgan fingerprint density at radius 2 is 2.06 bits per heavy atom. The summed E-state index contributed by atoms with van der Waals surface area (Å²) in [5.41, 5.74) is 0.0300. The van der Waals surface area contributed by atoms with Crippen molar-refractivity contribution >= 4 is 11.6 Å². The molecule has 0 aliphatic heterocycles. The van der Waals surface area contributed by atoms with Crippen LogP contribution >= 0.6 is 11.6 Å². The topological polar surface area (TPSA) is 49.7 Å². The highest BCUT2D eigenvalue weighted by Crippen LogP contribution is 2.33. The highest BCUT2D eigenvalue weighted by molar-refractivity contribution is 6.30. The zero-order chi connectivity index (χ0) is 12.2. The number of benzene rings is 1. The Morgan fingerprint density at radius 3 is 2.69 bits per heavy atom. The fraction of sp³-hybridized carbons (Fsp3) is 0.500. The van der Waals surface area contributed by atoms with Gasteiger partial charge in [0.1, 0.15) is 5.75 Å². The van der Waals surface area contributed by atoms with Crippen molar-refractivity contribution in [2.75, 3.05) is 13.2 Å². The van der Waals surface area contributed by atoms with Crippen LogP contribution < -0.4 is 0 Å². The third-order valence-corrected chi connectivity index (χ3v) is 2.61. The SMILES string of the molecule is CC(C)(OCCCO)c1cc(Cl)ccc1O. The molecule has 0 spiro atoms. The number of aliphatic hydroxyl groups excluding tert-OH is 1. The van der Waals surface area contributed by atoms with Gasteiger partial charge < -0.3 is 14.9 Å². The number of rotatable bonds is 5. The zero-order valence-electron chi connectivity index (χ0n) is 9.53. The van der Waals surface area contributed by atoms with E-state index >= 15 is 0 Å². The van der Waals surface area contributed by atoms with Gasteiger partial charge in [0, 0.05) is 23.8 Å². The van der Waals surface area contributed by atoms with Crippen molar-refractivity contribution in [2.24, 2.45) is 0 Å². The Balaban J connectivity index is 2.83. The molecule has 0 radical (unpaired) electrons. The van der Waals surface area contributed by atoms with Gasteiger partial charge in [0.2, 0.25) is 0 Å². The van der Waals surface area contributed by atoms with Gasteiger partial charge in [-0.25, -0.2) is 0 Å².